The highest BCUT2D eigenvalue weighted by molar-refractivity contribution is 5.99. The number of anilines is 1. The first kappa shape index (κ1) is 21.8. The molecule has 31 heavy (non-hydrogen) atoms. The van der Waals surface area contributed by atoms with Crippen molar-refractivity contribution >= 4 is 17.6 Å². The van der Waals surface area contributed by atoms with Gasteiger partial charge in [0, 0.05) is 31.1 Å². The van der Waals surface area contributed by atoms with Gasteiger partial charge < -0.3 is 24.2 Å². The summed E-state index contributed by atoms with van der Waals surface area (Å²) in [5.74, 6) is 1.15. The zero-order valence-electron chi connectivity index (χ0n) is 17.6. The molecule has 0 aliphatic heterocycles. The Bertz CT molecular complexity index is 1040. The number of amides is 2. The van der Waals surface area contributed by atoms with E-state index in [0.29, 0.717) is 41.9 Å². The second kappa shape index (κ2) is 10.2. The molecule has 0 fully saturated rings. The highest BCUT2D eigenvalue weighted by Crippen LogP contribution is 2.29. The summed E-state index contributed by atoms with van der Waals surface area (Å²) in [6, 6.07) is 10.3. The van der Waals surface area contributed by atoms with Crippen LogP contribution < -0.4 is 14.8 Å². The van der Waals surface area contributed by atoms with Gasteiger partial charge >= 0.3 is 0 Å². The maximum absolute atomic E-state index is 12.8. The van der Waals surface area contributed by atoms with Crippen LogP contribution in [0.4, 0.5) is 5.82 Å². The van der Waals surface area contributed by atoms with Gasteiger partial charge in [-0.1, -0.05) is 5.16 Å². The Kier molecular flexibility index (Phi) is 7.21. The second-order valence-electron chi connectivity index (χ2n) is 6.77. The number of likely N-dealkylation sites (N-methyl/N-ethyl adjacent to an activating group) is 1. The summed E-state index contributed by atoms with van der Waals surface area (Å²) in [4.78, 5) is 30.3. The maximum Gasteiger partial charge on any atom is 0.254 e. The molecule has 0 atom stereocenters. The molecular formula is C22H24N4O5. The largest absolute Gasteiger partial charge is 0.490 e. The summed E-state index contributed by atoms with van der Waals surface area (Å²) in [6.45, 7) is 4.19. The molecule has 1 aromatic carbocycles. The molecule has 162 valence electrons. The molecule has 3 rings (SSSR count). The van der Waals surface area contributed by atoms with Crippen LogP contribution in [0.5, 0.6) is 11.5 Å². The zero-order chi connectivity index (χ0) is 22.2. The van der Waals surface area contributed by atoms with Crippen molar-refractivity contribution < 1.29 is 23.6 Å². The fourth-order valence-electron chi connectivity index (χ4n) is 2.78. The minimum absolute atomic E-state index is 0.144. The number of carbonyl (C=O) groups is 2. The van der Waals surface area contributed by atoms with Gasteiger partial charge in [0.2, 0.25) is 5.91 Å². The Morgan fingerprint density at radius 3 is 2.55 bits per heavy atom. The Morgan fingerprint density at radius 2 is 1.87 bits per heavy atom. The molecule has 0 radical (unpaired) electrons. The van der Waals surface area contributed by atoms with E-state index in [2.05, 4.69) is 15.5 Å². The lowest BCUT2D eigenvalue weighted by molar-refractivity contribution is -0.116. The molecule has 2 aromatic heterocycles. The molecule has 0 aliphatic carbocycles. The number of carbonyl (C=O) groups excluding carboxylic acids is 2. The lowest BCUT2D eigenvalue weighted by Crippen LogP contribution is -2.35. The quantitative estimate of drug-likeness (QED) is 0.562. The smallest absolute Gasteiger partial charge is 0.254 e. The van der Waals surface area contributed by atoms with Crippen molar-refractivity contribution in [3.05, 3.63) is 65.7 Å². The molecule has 1 N–H and O–H groups in total. The van der Waals surface area contributed by atoms with Crippen molar-refractivity contribution in [2.24, 2.45) is 0 Å². The summed E-state index contributed by atoms with van der Waals surface area (Å²) in [5, 5.41) is 6.29. The van der Waals surface area contributed by atoms with E-state index in [-0.39, 0.29) is 18.4 Å². The summed E-state index contributed by atoms with van der Waals surface area (Å²) < 4.78 is 16.4. The van der Waals surface area contributed by atoms with E-state index in [9.17, 15) is 9.59 Å². The lowest BCUT2D eigenvalue weighted by atomic mass is 10.1. The Balaban J connectivity index is 1.65. The molecule has 9 heteroatoms. The van der Waals surface area contributed by atoms with Crippen LogP contribution in [0, 0.1) is 6.92 Å². The fraction of sp³-hybridized carbons (Fsp3) is 0.273. The van der Waals surface area contributed by atoms with E-state index in [4.69, 9.17) is 14.0 Å². The number of hydrogen-bond donors (Lipinski definition) is 1. The molecule has 3 aromatic rings. The van der Waals surface area contributed by atoms with Crippen LogP contribution in [-0.2, 0) is 11.4 Å². The third-order valence-corrected chi connectivity index (χ3v) is 4.26. The number of pyridine rings is 1. The van der Waals surface area contributed by atoms with Gasteiger partial charge in [0.15, 0.2) is 17.3 Å². The molecule has 2 amide bonds. The van der Waals surface area contributed by atoms with Gasteiger partial charge in [0.25, 0.3) is 5.91 Å². The Morgan fingerprint density at radius 1 is 1.10 bits per heavy atom. The summed E-state index contributed by atoms with van der Waals surface area (Å²) in [6.07, 6.45) is 3.39. The highest BCUT2D eigenvalue weighted by Gasteiger charge is 2.18. The second-order valence-corrected chi connectivity index (χ2v) is 6.77. The van der Waals surface area contributed by atoms with E-state index < -0.39 is 0 Å². The average molecular weight is 424 g/mol. The first-order chi connectivity index (χ1) is 15.0. The van der Waals surface area contributed by atoms with Crippen molar-refractivity contribution in [2.45, 2.75) is 20.5 Å². The van der Waals surface area contributed by atoms with Gasteiger partial charge in [0.05, 0.1) is 13.2 Å². The van der Waals surface area contributed by atoms with Crippen LogP contribution in [0.15, 0.2) is 53.3 Å². The molecule has 0 saturated heterocycles. The summed E-state index contributed by atoms with van der Waals surface area (Å²) in [5.41, 5.74) is 1.35. The zero-order valence-corrected chi connectivity index (χ0v) is 17.6. The number of nitrogens with zero attached hydrogens (tertiary/aromatic N) is 3. The number of ether oxygens (including phenoxy) is 2. The molecular weight excluding hydrogens is 400 g/mol. The lowest BCUT2D eigenvalue weighted by Gasteiger charge is -2.18. The van der Waals surface area contributed by atoms with Crippen molar-refractivity contribution in [2.75, 3.05) is 25.5 Å². The molecule has 0 unspecified atom stereocenters. The first-order valence-corrected chi connectivity index (χ1v) is 9.73. The highest BCUT2D eigenvalue weighted by atomic mass is 16.5. The number of hydrogen-bond acceptors (Lipinski definition) is 7. The van der Waals surface area contributed by atoms with E-state index in [1.54, 1.807) is 50.6 Å². The van der Waals surface area contributed by atoms with Crippen LogP contribution in [0.1, 0.15) is 28.6 Å². The summed E-state index contributed by atoms with van der Waals surface area (Å²) in [7, 11) is 1.55. The number of aryl methyl sites for hydroxylation is 1. The first-order valence-electron chi connectivity index (χ1n) is 9.73. The van der Waals surface area contributed by atoms with Crippen LogP contribution >= 0.6 is 0 Å². The van der Waals surface area contributed by atoms with Gasteiger partial charge in [-0.05, 0) is 49.7 Å². The van der Waals surface area contributed by atoms with Crippen LogP contribution in [0.2, 0.25) is 0 Å². The van der Waals surface area contributed by atoms with E-state index in [1.165, 1.54) is 4.90 Å². The molecule has 0 saturated carbocycles. The van der Waals surface area contributed by atoms with E-state index in [0.717, 1.165) is 5.56 Å². The standard InChI is InChI=1S/C22H24N4O5/c1-4-29-19-12-17(5-6-18(19)30-14-16-7-9-23-10-8-16)22(28)26(3)13-21(27)24-20-11-15(2)31-25-20/h5-12H,4,13-14H2,1-3H3,(H,24,25,27). The monoisotopic (exact) mass is 424 g/mol. The molecule has 0 aliphatic rings. The van der Waals surface area contributed by atoms with Crippen LogP contribution in [-0.4, -0.2) is 47.1 Å². The third kappa shape index (κ3) is 6.05. The Hall–Kier alpha value is -3.88. The van der Waals surface area contributed by atoms with Gasteiger partial charge in [-0.2, -0.15) is 0 Å². The van der Waals surface area contributed by atoms with Gasteiger partial charge in [-0.25, -0.2) is 0 Å². The number of rotatable bonds is 9. The normalized spacial score (nSPS) is 10.4. The third-order valence-electron chi connectivity index (χ3n) is 4.26. The van der Waals surface area contributed by atoms with Crippen LogP contribution in [0.3, 0.4) is 0 Å². The SMILES string of the molecule is CCOc1cc(C(=O)N(C)CC(=O)Nc2cc(C)on2)ccc1OCc1ccncc1. The van der Waals surface area contributed by atoms with E-state index in [1.807, 2.05) is 19.1 Å². The Labute approximate surface area is 180 Å². The predicted octanol–water partition coefficient (Wildman–Crippen LogP) is 3.07. The van der Waals surface area contributed by atoms with Crippen LogP contribution in [0.25, 0.3) is 0 Å². The minimum atomic E-state index is -0.383. The number of benzene rings is 1. The van der Waals surface area contributed by atoms with Crippen molar-refractivity contribution in [1.29, 1.82) is 0 Å². The molecule has 0 bridgehead atoms. The number of nitrogens with one attached hydrogen (secondary N) is 1. The molecule has 0 spiro atoms. The van der Waals surface area contributed by atoms with Crippen molar-refractivity contribution in [1.82, 2.24) is 15.0 Å². The molecule has 2 heterocycles. The van der Waals surface area contributed by atoms with Gasteiger partial charge in [-0.15, -0.1) is 0 Å². The average Bonchev–Trinajstić information content (AvgIpc) is 3.17. The topological polar surface area (TPSA) is 107 Å². The predicted molar refractivity (Wildman–Crippen MR) is 113 cm³/mol. The summed E-state index contributed by atoms with van der Waals surface area (Å²) >= 11 is 0. The molecule has 9 nitrogen and oxygen atoms in total. The number of aromatic nitrogens is 2. The van der Waals surface area contributed by atoms with Crippen molar-refractivity contribution in [3.63, 3.8) is 0 Å². The minimum Gasteiger partial charge on any atom is -0.490 e. The van der Waals surface area contributed by atoms with Gasteiger partial charge in [0.1, 0.15) is 12.4 Å². The fourth-order valence-corrected chi connectivity index (χ4v) is 2.78. The van der Waals surface area contributed by atoms with E-state index >= 15 is 0 Å². The van der Waals surface area contributed by atoms with Gasteiger partial charge in [-0.3, -0.25) is 14.6 Å². The van der Waals surface area contributed by atoms with Crippen molar-refractivity contribution in [3.8, 4) is 11.5 Å². The maximum atomic E-state index is 12.8.